The van der Waals surface area contributed by atoms with Gasteiger partial charge in [0.2, 0.25) is 0 Å². The van der Waals surface area contributed by atoms with E-state index < -0.39 is 97.5 Å². The van der Waals surface area contributed by atoms with Gasteiger partial charge in [-0.3, -0.25) is 37.3 Å². The van der Waals surface area contributed by atoms with E-state index >= 15 is 0 Å². The Morgan fingerprint density at radius 3 is 0.710 bits per heavy atom. The molecule has 0 aromatic carbocycles. The molecule has 6 atom stereocenters. The predicted octanol–water partition coefficient (Wildman–Crippen LogP) is 26.9. The molecule has 0 aromatic heterocycles. The van der Waals surface area contributed by atoms with Gasteiger partial charge in [0.1, 0.15) is 19.3 Å². The predicted molar refractivity (Wildman–Crippen MR) is 441 cm³/mol. The number of hydrogen-bond acceptors (Lipinski definition) is 15. The Balaban J connectivity index is 5.22. The fourth-order valence-electron chi connectivity index (χ4n) is 13.7. The second-order valence-corrected chi connectivity index (χ2v) is 35.7. The van der Waals surface area contributed by atoms with Crippen LogP contribution in [0.5, 0.6) is 0 Å². The van der Waals surface area contributed by atoms with E-state index in [0.717, 1.165) is 108 Å². The van der Waals surface area contributed by atoms with Crippen LogP contribution in [0, 0.1) is 17.8 Å². The van der Waals surface area contributed by atoms with E-state index in [4.69, 9.17) is 37.0 Å². The summed E-state index contributed by atoms with van der Waals surface area (Å²) >= 11 is 0. The number of phosphoric ester groups is 2. The summed E-state index contributed by atoms with van der Waals surface area (Å²) in [5.74, 6) is 0.259. The highest BCUT2D eigenvalue weighted by atomic mass is 31.2. The summed E-state index contributed by atoms with van der Waals surface area (Å²) < 4.78 is 68.9. The van der Waals surface area contributed by atoms with Crippen molar-refractivity contribution in [3.05, 3.63) is 0 Å². The van der Waals surface area contributed by atoms with Crippen LogP contribution in [0.3, 0.4) is 0 Å². The zero-order chi connectivity index (χ0) is 78.6. The van der Waals surface area contributed by atoms with Crippen molar-refractivity contribution in [1.82, 2.24) is 0 Å². The van der Waals surface area contributed by atoms with Gasteiger partial charge >= 0.3 is 39.5 Å². The Morgan fingerprint density at radius 1 is 0.271 bits per heavy atom. The van der Waals surface area contributed by atoms with E-state index in [9.17, 15) is 43.2 Å². The largest absolute Gasteiger partial charge is 0.472 e. The molecule has 0 spiro atoms. The van der Waals surface area contributed by atoms with Crippen LogP contribution in [0.1, 0.15) is 466 Å². The first kappa shape index (κ1) is 105. The van der Waals surface area contributed by atoms with Crippen molar-refractivity contribution in [3.63, 3.8) is 0 Å². The minimum Gasteiger partial charge on any atom is -0.462 e. The molecule has 107 heavy (non-hydrogen) atoms. The molecular formula is C88H172O17P2. The SMILES string of the molecule is CCCCCCCCCCCCCCCCCCCCCC(=O)OC[C@H](COP(=O)(O)OC[C@@H](O)COP(=O)(O)OC[C@@H](COC(=O)CCCCCCCCCC(C)C)OC(=O)CCCCCCCCCCCCCCCC(C)C)OC(=O)CCCCCCCCCCCCCCCCCCCCC(C)CC. The first-order valence-electron chi connectivity index (χ1n) is 45.4. The van der Waals surface area contributed by atoms with Gasteiger partial charge in [0.15, 0.2) is 12.2 Å². The summed E-state index contributed by atoms with van der Waals surface area (Å²) in [5.41, 5.74) is 0. The normalized spacial score (nSPS) is 14.1. The van der Waals surface area contributed by atoms with Crippen LogP contribution in [0.15, 0.2) is 0 Å². The minimum absolute atomic E-state index is 0.107. The minimum atomic E-state index is -4.97. The third-order valence-corrected chi connectivity index (χ3v) is 22.9. The molecule has 3 N–H and O–H groups in total. The zero-order valence-electron chi connectivity index (χ0n) is 70.6. The van der Waals surface area contributed by atoms with Gasteiger partial charge in [0.25, 0.3) is 0 Å². The molecule has 0 bridgehead atoms. The van der Waals surface area contributed by atoms with Gasteiger partial charge in [-0.1, -0.05) is 414 Å². The topological polar surface area (TPSA) is 237 Å². The maximum absolute atomic E-state index is 13.2. The molecule has 0 saturated heterocycles. The lowest BCUT2D eigenvalue weighted by Crippen LogP contribution is -2.30. The molecule has 0 rings (SSSR count). The van der Waals surface area contributed by atoms with Gasteiger partial charge in [-0.05, 0) is 43.4 Å². The van der Waals surface area contributed by atoms with Crippen LogP contribution in [0.2, 0.25) is 0 Å². The molecule has 17 nitrogen and oxygen atoms in total. The average molecular weight is 1560 g/mol. The highest BCUT2D eigenvalue weighted by Crippen LogP contribution is 2.45. The number of ether oxygens (including phenoxy) is 4. The Kier molecular flexibility index (Phi) is 76.6. The van der Waals surface area contributed by atoms with Gasteiger partial charge < -0.3 is 33.8 Å². The molecule has 0 aromatic rings. The van der Waals surface area contributed by atoms with Crippen molar-refractivity contribution in [1.29, 1.82) is 0 Å². The summed E-state index contributed by atoms with van der Waals surface area (Å²) in [6.07, 6.45) is 69.6. The summed E-state index contributed by atoms with van der Waals surface area (Å²) in [5, 5.41) is 10.7. The van der Waals surface area contributed by atoms with Crippen molar-refractivity contribution in [2.45, 2.75) is 484 Å². The average Bonchev–Trinajstić information content (AvgIpc) is 0.900. The Morgan fingerprint density at radius 2 is 0.477 bits per heavy atom. The second kappa shape index (κ2) is 78.0. The lowest BCUT2D eigenvalue weighted by atomic mass is 9.99. The lowest BCUT2D eigenvalue weighted by molar-refractivity contribution is -0.161. The molecule has 0 aliphatic carbocycles. The Hall–Kier alpha value is -1.94. The monoisotopic (exact) mass is 1560 g/mol. The van der Waals surface area contributed by atoms with Gasteiger partial charge in [-0.2, -0.15) is 0 Å². The molecule has 0 amide bonds. The van der Waals surface area contributed by atoms with Crippen LogP contribution in [-0.4, -0.2) is 96.7 Å². The first-order chi connectivity index (χ1) is 51.8. The van der Waals surface area contributed by atoms with Crippen LogP contribution >= 0.6 is 15.6 Å². The van der Waals surface area contributed by atoms with E-state index in [1.165, 1.54) is 270 Å². The van der Waals surface area contributed by atoms with Crippen LogP contribution < -0.4 is 0 Å². The number of unbranched alkanes of at least 4 members (excludes halogenated alkanes) is 53. The highest BCUT2D eigenvalue weighted by molar-refractivity contribution is 7.47. The third kappa shape index (κ3) is 80.5. The molecular weight excluding hydrogens is 1390 g/mol. The molecule has 19 heteroatoms. The smallest absolute Gasteiger partial charge is 0.462 e. The molecule has 0 saturated carbocycles. The standard InChI is InChI=1S/C88H172O17P2/c1-8-10-11-12-13-14-15-16-17-18-19-23-26-31-36-41-48-55-62-69-85(90)98-75-83(104-87(92)71-64-57-49-42-37-32-27-24-21-20-22-25-30-35-40-47-54-61-68-81(7)9-2)77-102-106(94,95)100-73-82(89)74-101-107(96,97)103-78-84(76-99-86(91)70-63-56-51-44-46-53-60-67-80(5)6)105-88(93)72-65-58-50-43-38-33-28-29-34-39-45-52-59-66-79(3)4/h79-84,89H,8-78H2,1-7H3,(H,94,95)(H,96,97)/t81?,82-,83-,84-/m1/s1. The Labute approximate surface area is 658 Å². The van der Waals surface area contributed by atoms with Crippen molar-refractivity contribution in [2.24, 2.45) is 17.8 Å². The third-order valence-electron chi connectivity index (χ3n) is 21.0. The molecule has 0 radical (unpaired) electrons. The van der Waals surface area contributed by atoms with E-state index in [0.29, 0.717) is 31.6 Å². The number of carbonyl (C=O) groups excluding carboxylic acids is 4. The number of esters is 4. The molecule has 0 fully saturated rings. The van der Waals surface area contributed by atoms with Gasteiger partial charge in [0, 0.05) is 25.7 Å². The fourth-order valence-corrected chi connectivity index (χ4v) is 15.3. The second-order valence-electron chi connectivity index (χ2n) is 32.8. The van der Waals surface area contributed by atoms with E-state index in [1.54, 1.807) is 0 Å². The number of hydrogen-bond donors (Lipinski definition) is 3. The lowest BCUT2D eigenvalue weighted by Gasteiger charge is -2.21. The number of carbonyl (C=O) groups is 4. The molecule has 0 aliphatic rings. The van der Waals surface area contributed by atoms with Crippen molar-refractivity contribution in [3.8, 4) is 0 Å². The number of rotatable bonds is 86. The van der Waals surface area contributed by atoms with Gasteiger partial charge in [-0.15, -0.1) is 0 Å². The zero-order valence-corrected chi connectivity index (χ0v) is 72.4. The van der Waals surface area contributed by atoms with Crippen molar-refractivity contribution >= 4 is 39.5 Å². The van der Waals surface area contributed by atoms with Gasteiger partial charge in [-0.25, -0.2) is 9.13 Å². The summed E-state index contributed by atoms with van der Waals surface area (Å²) in [4.78, 5) is 73.3. The van der Waals surface area contributed by atoms with E-state index in [-0.39, 0.29) is 25.7 Å². The summed E-state index contributed by atoms with van der Waals surface area (Å²) in [7, 11) is -9.93. The maximum atomic E-state index is 13.2. The van der Waals surface area contributed by atoms with Crippen LogP contribution in [-0.2, 0) is 65.4 Å². The number of phosphoric acid groups is 2. The van der Waals surface area contributed by atoms with Crippen LogP contribution in [0.4, 0.5) is 0 Å². The van der Waals surface area contributed by atoms with E-state index in [1.807, 2.05) is 0 Å². The molecule has 636 valence electrons. The summed E-state index contributed by atoms with van der Waals surface area (Å²) in [6.45, 7) is 12.0. The van der Waals surface area contributed by atoms with Crippen molar-refractivity contribution < 1.29 is 80.2 Å². The molecule has 0 aliphatic heterocycles. The number of aliphatic hydroxyl groups excluding tert-OH is 1. The quantitative estimate of drug-likeness (QED) is 0.0222. The first-order valence-corrected chi connectivity index (χ1v) is 48.4. The van der Waals surface area contributed by atoms with Crippen molar-refractivity contribution in [2.75, 3.05) is 39.6 Å². The van der Waals surface area contributed by atoms with Gasteiger partial charge in [0.05, 0.1) is 26.4 Å². The fraction of sp³-hybridized carbons (Fsp3) is 0.955. The van der Waals surface area contributed by atoms with E-state index in [2.05, 4.69) is 48.5 Å². The molecule has 0 heterocycles. The summed E-state index contributed by atoms with van der Waals surface area (Å²) in [6, 6.07) is 0. The Bertz CT molecular complexity index is 2060. The molecule has 3 unspecified atom stereocenters. The van der Waals surface area contributed by atoms with Crippen LogP contribution in [0.25, 0.3) is 0 Å². The maximum Gasteiger partial charge on any atom is 0.472 e. The number of aliphatic hydroxyl groups is 1. The highest BCUT2D eigenvalue weighted by Gasteiger charge is 2.31.